The average molecular weight is 332 g/mol. The van der Waals surface area contributed by atoms with Crippen molar-refractivity contribution in [1.82, 2.24) is 9.21 Å². The number of imide groups is 1. The van der Waals surface area contributed by atoms with Gasteiger partial charge in [0.1, 0.15) is 0 Å². The van der Waals surface area contributed by atoms with Crippen molar-refractivity contribution in [2.45, 2.75) is 38.1 Å². The first-order valence-electron chi connectivity index (χ1n) is 7.44. The van der Waals surface area contributed by atoms with Crippen molar-refractivity contribution in [3.8, 4) is 0 Å². The second-order valence-corrected chi connectivity index (χ2v) is 9.01. The molecule has 2 amide bonds. The molecule has 3 aliphatic rings. The molecule has 1 aliphatic carbocycles. The van der Waals surface area contributed by atoms with Crippen LogP contribution in [0.3, 0.4) is 0 Å². The fraction of sp³-hybridized carbons (Fsp3) is 0.846. The van der Waals surface area contributed by atoms with Crippen LogP contribution >= 0.6 is 11.8 Å². The highest BCUT2D eigenvalue weighted by atomic mass is 32.2. The smallest absolute Gasteiger partial charge is 0.273 e. The lowest BCUT2D eigenvalue weighted by atomic mass is 9.91. The first-order chi connectivity index (χ1) is 9.97. The Morgan fingerprint density at radius 2 is 1.76 bits per heavy atom. The molecule has 3 fully saturated rings. The number of hydrogen-bond donors (Lipinski definition) is 0. The second kappa shape index (κ2) is 5.89. The Morgan fingerprint density at radius 1 is 1.10 bits per heavy atom. The minimum Gasteiger partial charge on any atom is -0.273 e. The van der Waals surface area contributed by atoms with Crippen molar-refractivity contribution < 1.29 is 18.0 Å². The van der Waals surface area contributed by atoms with Crippen LogP contribution < -0.4 is 0 Å². The van der Waals surface area contributed by atoms with Crippen LogP contribution in [0.4, 0.5) is 4.79 Å². The highest BCUT2D eigenvalue weighted by molar-refractivity contribution is 8.14. The lowest BCUT2D eigenvalue weighted by Gasteiger charge is -2.42. The highest BCUT2D eigenvalue weighted by Gasteiger charge is 2.45. The number of thioether (sulfide) groups is 1. The van der Waals surface area contributed by atoms with E-state index in [1.807, 2.05) is 0 Å². The van der Waals surface area contributed by atoms with E-state index in [0.29, 0.717) is 0 Å². The molecular formula is C13H20N2O4S2. The van der Waals surface area contributed by atoms with Crippen molar-refractivity contribution in [3.63, 3.8) is 0 Å². The fourth-order valence-corrected chi connectivity index (χ4v) is 6.00. The Kier molecular flexibility index (Phi) is 4.29. The minimum absolute atomic E-state index is 0.185. The van der Waals surface area contributed by atoms with Gasteiger partial charge >= 0.3 is 0 Å². The summed E-state index contributed by atoms with van der Waals surface area (Å²) in [6, 6.07) is -0.263. The van der Waals surface area contributed by atoms with Gasteiger partial charge in [0.25, 0.3) is 5.24 Å². The van der Waals surface area contributed by atoms with Crippen molar-refractivity contribution >= 4 is 32.9 Å². The summed E-state index contributed by atoms with van der Waals surface area (Å²) < 4.78 is 26.1. The standard InChI is InChI=1S/C13H20N2O4S2/c16-12-8-20-13(17)15(12)11-6-14(7-11)21(18,19)9-10-4-2-1-3-5-10/h10-11H,1-9H2. The molecule has 0 bridgehead atoms. The summed E-state index contributed by atoms with van der Waals surface area (Å²) in [4.78, 5) is 24.4. The quantitative estimate of drug-likeness (QED) is 0.775. The maximum absolute atomic E-state index is 12.3. The third kappa shape index (κ3) is 3.12. The molecule has 3 rings (SSSR count). The lowest BCUT2D eigenvalue weighted by Crippen LogP contribution is -2.62. The van der Waals surface area contributed by atoms with Crippen LogP contribution in [0, 0.1) is 5.92 Å². The average Bonchev–Trinajstić information content (AvgIpc) is 2.69. The molecule has 0 N–H and O–H groups in total. The van der Waals surface area contributed by atoms with Gasteiger partial charge in [0, 0.05) is 13.1 Å². The Balaban J connectivity index is 1.55. The van der Waals surface area contributed by atoms with Crippen LogP contribution in [0.1, 0.15) is 32.1 Å². The zero-order chi connectivity index (χ0) is 15.0. The van der Waals surface area contributed by atoms with Crippen LogP contribution in [0.5, 0.6) is 0 Å². The summed E-state index contributed by atoms with van der Waals surface area (Å²) >= 11 is 0.998. The molecule has 1 saturated carbocycles. The molecule has 118 valence electrons. The lowest BCUT2D eigenvalue weighted by molar-refractivity contribution is -0.127. The first-order valence-corrected chi connectivity index (χ1v) is 10.0. The molecule has 6 nitrogen and oxygen atoms in total. The van der Waals surface area contributed by atoms with Crippen molar-refractivity contribution in [2.24, 2.45) is 5.92 Å². The van der Waals surface area contributed by atoms with Gasteiger partial charge in [-0.15, -0.1) is 0 Å². The normalized spacial score (nSPS) is 26.4. The van der Waals surface area contributed by atoms with Crippen LogP contribution in [-0.2, 0) is 14.8 Å². The number of nitrogens with zero attached hydrogens (tertiary/aromatic N) is 2. The molecule has 0 radical (unpaired) electrons. The Bertz CT molecular complexity index is 520. The predicted molar refractivity (Wildman–Crippen MR) is 80.4 cm³/mol. The molecular weight excluding hydrogens is 312 g/mol. The molecule has 0 aromatic carbocycles. The van der Waals surface area contributed by atoms with Crippen molar-refractivity contribution in [3.05, 3.63) is 0 Å². The van der Waals surface area contributed by atoms with E-state index in [-0.39, 0.29) is 47.7 Å². The van der Waals surface area contributed by atoms with Gasteiger partial charge in [-0.05, 0) is 18.8 Å². The van der Waals surface area contributed by atoms with Gasteiger partial charge in [-0.2, -0.15) is 4.31 Å². The largest absolute Gasteiger partial charge is 0.289 e. The number of hydrogen-bond acceptors (Lipinski definition) is 5. The Labute approximate surface area is 129 Å². The van der Waals surface area contributed by atoms with E-state index >= 15 is 0 Å². The van der Waals surface area contributed by atoms with Crippen LogP contribution in [0.2, 0.25) is 0 Å². The third-order valence-electron chi connectivity index (χ3n) is 4.54. The van der Waals surface area contributed by atoms with Gasteiger partial charge in [-0.25, -0.2) is 8.42 Å². The van der Waals surface area contributed by atoms with Crippen molar-refractivity contribution in [1.29, 1.82) is 0 Å². The van der Waals surface area contributed by atoms with E-state index in [2.05, 4.69) is 0 Å². The summed E-state index contributed by atoms with van der Waals surface area (Å²) in [6.45, 7) is 0.542. The Hall–Kier alpha value is -0.600. The molecule has 0 atom stereocenters. The van der Waals surface area contributed by atoms with Gasteiger partial charge in [0.2, 0.25) is 15.9 Å². The predicted octanol–water partition coefficient (Wildman–Crippen LogP) is 1.28. The summed E-state index contributed by atoms with van der Waals surface area (Å²) in [7, 11) is -3.24. The highest BCUT2D eigenvalue weighted by Crippen LogP contribution is 2.30. The van der Waals surface area contributed by atoms with Gasteiger partial charge in [0.05, 0.1) is 17.5 Å². The second-order valence-electron chi connectivity index (χ2n) is 6.07. The number of amides is 2. The van der Waals surface area contributed by atoms with Gasteiger partial charge in [-0.1, -0.05) is 31.0 Å². The SMILES string of the molecule is O=C1CSC(=O)N1C1CN(S(=O)(=O)CC2CCCCC2)C1. The first kappa shape index (κ1) is 15.3. The summed E-state index contributed by atoms with van der Waals surface area (Å²) in [5.41, 5.74) is 0. The van der Waals surface area contributed by atoms with Crippen LogP contribution in [-0.4, -0.2) is 59.4 Å². The molecule has 2 saturated heterocycles. The molecule has 8 heteroatoms. The molecule has 21 heavy (non-hydrogen) atoms. The zero-order valence-electron chi connectivity index (χ0n) is 11.9. The summed E-state index contributed by atoms with van der Waals surface area (Å²) in [5, 5.41) is -0.241. The molecule has 0 spiro atoms. The van der Waals surface area contributed by atoms with E-state index in [1.165, 1.54) is 15.6 Å². The van der Waals surface area contributed by atoms with E-state index in [0.717, 1.165) is 37.4 Å². The number of carbonyl (C=O) groups is 2. The molecule has 0 aromatic heterocycles. The van der Waals surface area contributed by atoms with E-state index < -0.39 is 10.0 Å². The van der Waals surface area contributed by atoms with E-state index in [9.17, 15) is 18.0 Å². The third-order valence-corrected chi connectivity index (χ3v) is 7.36. The number of rotatable bonds is 4. The topological polar surface area (TPSA) is 74.8 Å². The number of carbonyl (C=O) groups excluding carboxylic acids is 2. The summed E-state index contributed by atoms with van der Waals surface area (Å²) in [5.74, 6) is 0.480. The molecule has 0 unspecified atom stereocenters. The minimum atomic E-state index is -3.24. The Morgan fingerprint density at radius 3 is 2.33 bits per heavy atom. The zero-order valence-corrected chi connectivity index (χ0v) is 13.5. The summed E-state index contributed by atoms with van der Waals surface area (Å²) in [6.07, 6.45) is 5.44. The number of sulfonamides is 1. The van der Waals surface area contributed by atoms with Gasteiger partial charge in [-0.3, -0.25) is 14.5 Å². The van der Waals surface area contributed by atoms with Crippen LogP contribution in [0.25, 0.3) is 0 Å². The molecule has 2 heterocycles. The molecule has 0 aromatic rings. The fourth-order valence-electron chi connectivity index (χ4n) is 3.28. The van der Waals surface area contributed by atoms with E-state index in [4.69, 9.17) is 0 Å². The maximum atomic E-state index is 12.3. The molecule has 2 aliphatic heterocycles. The van der Waals surface area contributed by atoms with Crippen LogP contribution in [0.15, 0.2) is 0 Å². The monoisotopic (exact) mass is 332 g/mol. The van der Waals surface area contributed by atoms with E-state index in [1.54, 1.807) is 0 Å². The maximum Gasteiger partial charge on any atom is 0.289 e. The van der Waals surface area contributed by atoms with Gasteiger partial charge in [0.15, 0.2) is 0 Å². The van der Waals surface area contributed by atoms with Gasteiger partial charge < -0.3 is 0 Å². The van der Waals surface area contributed by atoms with Crippen molar-refractivity contribution in [2.75, 3.05) is 24.6 Å².